The van der Waals surface area contributed by atoms with Crippen molar-refractivity contribution in [3.8, 4) is 5.88 Å². The van der Waals surface area contributed by atoms with Crippen LogP contribution in [0.4, 0.5) is 16.0 Å². The number of halogens is 2. The van der Waals surface area contributed by atoms with Crippen molar-refractivity contribution >= 4 is 35.6 Å². The number of fused-ring (bicyclic) bond motifs is 1. The van der Waals surface area contributed by atoms with Crippen molar-refractivity contribution in [2.45, 2.75) is 13.8 Å². The minimum absolute atomic E-state index is 0. The summed E-state index contributed by atoms with van der Waals surface area (Å²) in [4.78, 5) is 27.7. The summed E-state index contributed by atoms with van der Waals surface area (Å²) in [6.45, 7) is 7.19. The number of nitrogens with zero attached hydrogens (tertiary/aromatic N) is 5. The van der Waals surface area contributed by atoms with Gasteiger partial charge in [0.05, 0.1) is 18.0 Å². The highest BCUT2D eigenvalue weighted by Crippen LogP contribution is 2.22. The Morgan fingerprint density at radius 2 is 2.07 bits per heavy atom. The molecule has 30 heavy (non-hydrogen) atoms. The van der Waals surface area contributed by atoms with Crippen LogP contribution in [0.3, 0.4) is 0 Å². The summed E-state index contributed by atoms with van der Waals surface area (Å²) >= 11 is 0. The van der Waals surface area contributed by atoms with E-state index in [1.807, 2.05) is 11.8 Å². The number of imidazole rings is 1. The monoisotopic (exact) mass is 435 g/mol. The van der Waals surface area contributed by atoms with Crippen LogP contribution < -0.4 is 20.3 Å². The van der Waals surface area contributed by atoms with Gasteiger partial charge in [-0.2, -0.15) is 4.98 Å². The number of anilines is 2. The van der Waals surface area contributed by atoms with E-state index in [9.17, 15) is 9.18 Å². The van der Waals surface area contributed by atoms with Crippen LogP contribution in [-0.2, 0) is 0 Å². The van der Waals surface area contributed by atoms with Crippen LogP contribution in [0.1, 0.15) is 23.0 Å². The number of aromatic nitrogens is 4. The van der Waals surface area contributed by atoms with Crippen molar-refractivity contribution in [3.05, 3.63) is 41.7 Å². The molecular weight excluding hydrogens is 413 g/mol. The first-order chi connectivity index (χ1) is 14.0. The van der Waals surface area contributed by atoms with Gasteiger partial charge in [-0.15, -0.1) is 12.4 Å². The molecule has 1 amide bonds. The number of ether oxygens (including phenoxy) is 1. The Bertz CT molecular complexity index is 1050. The largest absolute Gasteiger partial charge is 0.477 e. The highest BCUT2D eigenvalue weighted by Gasteiger charge is 2.20. The lowest BCUT2D eigenvalue weighted by molar-refractivity contribution is 0.102. The zero-order chi connectivity index (χ0) is 20.4. The Morgan fingerprint density at radius 3 is 2.80 bits per heavy atom. The number of carbonyl (C=O) groups excluding carboxylic acids is 1. The topological polar surface area (TPSA) is 96.7 Å². The highest BCUT2D eigenvalue weighted by atomic mass is 35.5. The third-order valence-electron chi connectivity index (χ3n) is 4.55. The number of nitrogens with one attached hydrogen (secondary N) is 2. The Hall–Kier alpha value is -2.98. The van der Waals surface area contributed by atoms with Crippen molar-refractivity contribution < 1.29 is 13.9 Å². The van der Waals surface area contributed by atoms with E-state index < -0.39 is 11.7 Å². The van der Waals surface area contributed by atoms with Gasteiger partial charge in [-0.05, 0) is 13.8 Å². The zero-order valence-electron chi connectivity index (χ0n) is 16.7. The second-order valence-corrected chi connectivity index (χ2v) is 6.70. The Morgan fingerprint density at radius 1 is 1.30 bits per heavy atom. The predicted octanol–water partition coefficient (Wildman–Crippen LogP) is 2.05. The number of hydrogen-bond donors (Lipinski definition) is 2. The van der Waals surface area contributed by atoms with Gasteiger partial charge in [0, 0.05) is 50.8 Å². The molecule has 0 aliphatic carbocycles. The quantitative estimate of drug-likeness (QED) is 0.633. The lowest BCUT2D eigenvalue weighted by Gasteiger charge is -2.27. The predicted molar refractivity (Wildman–Crippen MR) is 113 cm³/mol. The van der Waals surface area contributed by atoms with Crippen LogP contribution in [0.25, 0.3) is 5.65 Å². The average molecular weight is 436 g/mol. The maximum absolute atomic E-state index is 14.3. The van der Waals surface area contributed by atoms with E-state index in [4.69, 9.17) is 4.74 Å². The van der Waals surface area contributed by atoms with Crippen molar-refractivity contribution in [2.24, 2.45) is 0 Å². The number of piperazine rings is 1. The van der Waals surface area contributed by atoms with Crippen LogP contribution in [-0.4, -0.2) is 58.0 Å². The van der Waals surface area contributed by atoms with Crippen LogP contribution in [0.2, 0.25) is 0 Å². The molecule has 2 N–H and O–H groups in total. The molecule has 0 atom stereocenters. The van der Waals surface area contributed by atoms with Crippen molar-refractivity contribution in [1.82, 2.24) is 24.7 Å². The summed E-state index contributed by atoms with van der Waals surface area (Å²) in [5.74, 6) is -0.274. The lowest BCUT2D eigenvalue weighted by atomic mass is 10.3. The molecule has 1 aliphatic rings. The van der Waals surface area contributed by atoms with Crippen LogP contribution in [0, 0.1) is 12.7 Å². The Balaban J connectivity index is 0.00000256. The van der Waals surface area contributed by atoms with Crippen LogP contribution >= 0.6 is 12.4 Å². The average Bonchev–Trinajstić information content (AvgIpc) is 3.09. The molecule has 0 unspecified atom stereocenters. The first-order valence-corrected chi connectivity index (χ1v) is 9.47. The van der Waals surface area contributed by atoms with Gasteiger partial charge in [0.1, 0.15) is 5.56 Å². The first kappa shape index (κ1) is 21.7. The standard InChI is InChI=1S/C19H22FN7O2.ClH/c1-3-29-18-14(9-22-19(25-18)26-6-4-21-5-7-26)17(28)24-13-8-15(20)16-23-12(2)10-27(16)11-13;/h8-11,21H,3-7H2,1-2H3,(H,24,28);1H. The van der Waals surface area contributed by atoms with Gasteiger partial charge in [-0.25, -0.2) is 14.4 Å². The van der Waals surface area contributed by atoms with E-state index in [0.29, 0.717) is 23.9 Å². The zero-order valence-corrected chi connectivity index (χ0v) is 17.5. The number of pyridine rings is 1. The summed E-state index contributed by atoms with van der Waals surface area (Å²) in [5.41, 5.74) is 1.38. The van der Waals surface area contributed by atoms with E-state index in [0.717, 1.165) is 26.2 Å². The molecule has 3 aromatic heterocycles. The third kappa shape index (κ3) is 4.44. The summed E-state index contributed by atoms with van der Waals surface area (Å²) in [6.07, 6.45) is 4.73. The van der Waals surface area contributed by atoms with Gasteiger partial charge < -0.3 is 24.7 Å². The van der Waals surface area contributed by atoms with E-state index >= 15 is 0 Å². The molecule has 3 aromatic rings. The minimum Gasteiger partial charge on any atom is -0.477 e. The fraction of sp³-hybridized carbons (Fsp3) is 0.368. The first-order valence-electron chi connectivity index (χ1n) is 9.47. The normalized spacial score (nSPS) is 13.8. The van der Waals surface area contributed by atoms with Gasteiger partial charge in [-0.3, -0.25) is 4.79 Å². The number of carbonyl (C=O) groups is 1. The molecule has 4 heterocycles. The molecule has 4 rings (SSSR count). The van der Waals surface area contributed by atoms with Gasteiger partial charge in [0.25, 0.3) is 5.91 Å². The van der Waals surface area contributed by atoms with Crippen molar-refractivity contribution in [1.29, 1.82) is 0 Å². The second kappa shape index (κ2) is 9.23. The van der Waals surface area contributed by atoms with Gasteiger partial charge >= 0.3 is 0 Å². The third-order valence-corrected chi connectivity index (χ3v) is 4.55. The summed E-state index contributed by atoms with van der Waals surface area (Å²) in [5, 5.41) is 5.96. The van der Waals surface area contributed by atoms with Crippen LogP contribution in [0.5, 0.6) is 5.88 Å². The Kier molecular flexibility index (Phi) is 6.68. The molecule has 160 valence electrons. The van der Waals surface area contributed by atoms with Crippen molar-refractivity contribution in [3.63, 3.8) is 0 Å². The van der Waals surface area contributed by atoms with E-state index in [-0.39, 0.29) is 29.5 Å². The van der Waals surface area contributed by atoms with E-state index in [1.165, 1.54) is 16.7 Å². The summed E-state index contributed by atoms with van der Waals surface area (Å²) in [7, 11) is 0. The second-order valence-electron chi connectivity index (χ2n) is 6.70. The lowest BCUT2D eigenvalue weighted by Crippen LogP contribution is -2.44. The van der Waals surface area contributed by atoms with Gasteiger partial charge in [0.15, 0.2) is 11.5 Å². The molecule has 1 fully saturated rings. The molecule has 9 nitrogen and oxygen atoms in total. The maximum Gasteiger partial charge on any atom is 0.262 e. The minimum atomic E-state index is -0.522. The molecule has 1 saturated heterocycles. The number of rotatable bonds is 5. The van der Waals surface area contributed by atoms with Crippen molar-refractivity contribution in [2.75, 3.05) is 43.0 Å². The van der Waals surface area contributed by atoms with Crippen LogP contribution in [0.15, 0.2) is 24.7 Å². The SMILES string of the molecule is CCOc1nc(N2CCNCC2)ncc1C(=O)Nc1cc(F)c2nc(C)cn2c1.Cl. The van der Waals surface area contributed by atoms with Gasteiger partial charge in [-0.1, -0.05) is 0 Å². The molecule has 0 aromatic carbocycles. The smallest absolute Gasteiger partial charge is 0.262 e. The van der Waals surface area contributed by atoms with E-state index in [2.05, 4.69) is 25.6 Å². The molecule has 0 radical (unpaired) electrons. The molecule has 1 aliphatic heterocycles. The highest BCUT2D eigenvalue weighted by molar-refractivity contribution is 6.05. The number of amides is 1. The number of aryl methyl sites for hydroxylation is 1. The number of hydrogen-bond acceptors (Lipinski definition) is 7. The Labute approximate surface area is 179 Å². The molecule has 0 saturated carbocycles. The summed E-state index contributed by atoms with van der Waals surface area (Å²) in [6, 6.07) is 1.23. The maximum atomic E-state index is 14.3. The fourth-order valence-electron chi connectivity index (χ4n) is 3.22. The van der Waals surface area contributed by atoms with Gasteiger partial charge in [0.2, 0.25) is 11.8 Å². The molecule has 11 heteroatoms. The molecular formula is C19H23ClFN7O2. The summed E-state index contributed by atoms with van der Waals surface area (Å²) < 4.78 is 21.4. The fourth-order valence-corrected chi connectivity index (χ4v) is 3.22. The molecule has 0 spiro atoms. The molecule has 0 bridgehead atoms. The van der Waals surface area contributed by atoms with E-state index in [1.54, 1.807) is 19.3 Å².